The third kappa shape index (κ3) is 2.73. The molecule has 0 bridgehead atoms. The van der Waals surface area contributed by atoms with Crippen molar-refractivity contribution in [3.8, 4) is 5.75 Å². The summed E-state index contributed by atoms with van der Waals surface area (Å²) in [4.78, 5) is 0. The van der Waals surface area contributed by atoms with Crippen LogP contribution in [0.2, 0.25) is 0 Å². The van der Waals surface area contributed by atoms with Gasteiger partial charge in [-0.1, -0.05) is 18.9 Å². The van der Waals surface area contributed by atoms with E-state index in [1.54, 1.807) is 19.1 Å². The number of halogens is 1. The molecule has 0 aliphatic heterocycles. The van der Waals surface area contributed by atoms with Crippen molar-refractivity contribution in [2.75, 3.05) is 6.61 Å². The first kappa shape index (κ1) is 11.4. The molecule has 1 atom stereocenters. The molecule has 2 nitrogen and oxygen atoms in total. The summed E-state index contributed by atoms with van der Waals surface area (Å²) in [5.41, 5.74) is 6.22. The number of hydrogen-bond donors (Lipinski definition) is 1. The Bertz CT molecular complexity index is 361. The molecule has 2 rings (SSSR count). The lowest BCUT2D eigenvalue weighted by Gasteiger charge is -2.14. The number of rotatable bonds is 5. The fourth-order valence-electron chi connectivity index (χ4n) is 1.83. The van der Waals surface area contributed by atoms with Gasteiger partial charge in [0.05, 0.1) is 6.61 Å². The summed E-state index contributed by atoms with van der Waals surface area (Å²) in [5.74, 6) is 1.14. The average molecular weight is 223 g/mol. The summed E-state index contributed by atoms with van der Waals surface area (Å²) in [5, 5.41) is 0. The molecular formula is C13H18FNO. The van der Waals surface area contributed by atoms with E-state index in [2.05, 4.69) is 0 Å². The van der Waals surface area contributed by atoms with Gasteiger partial charge in [-0.15, -0.1) is 0 Å². The molecule has 1 saturated carbocycles. The Morgan fingerprint density at radius 1 is 1.50 bits per heavy atom. The maximum Gasteiger partial charge on any atom is 0.131 e. The molecule has 1 fully saturated rings. The molecule has 0 heterocycles. The molecule has 0 radical (unpaired) electrons. The molecule has 2 N–H and O–H groups in total. The fourth-order valence-corrected chi connectivity index (χ4v) is 1.83. The van der Waals surface area contributed by atoms with E-state index in [0.717, 1.165) is 12.3 Å². The molecule has 88 valence electrons. The van der Waals surface area contributed by atoms with Gasteiger partial charge < -0.3 is 10.5 Å². The van der Waals surface area contributed by atoms with E-state index in [0.29, 0.717) is 17.9 Å². The molecule has 0 spiro atoms. The molecule has 3 heteroatoms. The van der Waals surface area contributed by atoms with Gasteiger partial charge in [0.15, 0.2) is 0 Å². The van der Waals surface area contributed by atoms with Crippen molar-refractivity contribution in [2.24, 2.45) is 11.7 Å². The van der Waals surface area contributed by atoms with Crippen molar-refractivity contribution < 1.29 is 9.13 Å². The van der Waals surface area contributed by atoms with Crippen LogP contribution in [-0.2, 0) is 0 Å². The van der Waals surface area contributed by atoms with Gasteiger partial charge in [-0.05, 0) is 31.4 Å². The number of ether oxygens (including phenoxy) is 1. The first-order valence-electron chi connectivity index (χ1n) is 5.85. The first-order valence-corrected chi connectivity index (χ1v) is 5.85. The van der Waals surface area contributed by atoms with Gasteiger partial charge in [-0.2, -0.15) is 0 Å². The summed E-state index contributed by atoms with van der Waals surface area (Å²) in [6, 6.07) is 4.53. The van der Waals surface area contributed by atoms with Crippen LogP contribution in [0.15, 0.2) is 18.2 Å². The Hall–Kier alpha value is -1.09. The van der Waals surface area contributed by atoms with Crippen LogP contribution in [0, 0.1) is 11.7 Å². The van der Waals surface area contributed by atoms with E-state index in [1.165, 1.54) is 18.9 Å². The van der Waals surface area contributed by atoms with Crippen LogP contribution in [0.25, 0.3) is 0 Å². The minimum Gasteiger partial charge on any atom is -0.493 e. The van der Waals surface area contributed by atoms with Crippen LogP contribution in [0.4, 0.5) is 4.39 Å². The largest absolute Gasteiger partial charge is 0.493 e. The second-order valence-corrected chi connectivity index (χ2v) is 4.52. The van der Waals surface area contributed by atoms with Crippen LogP contribution < -0.4 is 10.5 Å². The van der Waals surface area contributed by atoms with Crippen molar-refractivity contribution in [3.63, 3.8) is 0 Å². The van der Waals surface area contributed by atoms with E-state index in [1.807, 2.05) is 0 Å². The van der Waals surface area contributed by atoms with Crippen molar-refractivity contribution in [1.82, 2.24) is 0 Å². The Kier molecular flexibility index (Phi) is 3.44. The van der Waals surface area contributed by atoms with Crippen LogP contribution in [0.5, 0.6) is 5.75 Å². The Balaban J connectivity index is 2.02. The molecule has 1 aromatic carbocycles. The highest BCUT2D eigenvalue weighted by Crippen LogP contribution is 2.33. The van der Waals surface area contributed by atoms with Crippen molar-refractivity contribution in [1.29, 1.82) is 0 Å². The lowest BCUT2D eigenvalue weighted by molar-refractivity contribution is 0.296. The summed E-state index contributed by atoms with van der Waals surface area (Å²) < 4.78 is 19.1. The van der Waals surface area contributed by atoms with Crippen LogP contribution >= 0.6 is 0 Å². The maximum atomic E-state index is 13.5. The van der Waals surface area contributed by atoms with Crippen molar-refractivity contribution >= 4 is 0 Å². The highest BCUT2D eigenvalue weighted by atomic mass is 19.1. The molecular weight excluding hydrogens is 205 g/mol. The second kappa shape index (κ2) is 4.83. The fraction of sp³-hybridized carbons (Fsp3) is 0.538. The molecule has 1 aromatic rings. The Morgan fingerprint density at radius 3 is 2.88 bits per heavy atom. The SMILES string of the molecule is C[C@H](N)c1c(F)cccc1OCCC1CC1. The summed E-state index contributed by atoms with van der Waals surface area (Å²) in [6.45, 7) is 2.43. The molecule has 1 aliphatic rings. The van der Waals surface area contributed by atoms with Crippen molar-refractivity contribution in [3.05, 3.63) is 29.6 Å². The predicted molar refractivity (Wildman–Crippen MR) is 61.8 cm³/mol. The number of nitrogens with two attached hydrogens (primary N) is 1. The predicted octanol–water partition coefficient (Wildman–Crippen LogP) is 3.02. The smallest absolute Gasteiger partial charge is 0.131 e. The number of hydrogen-bond acceptors (Lipinski definition) is 2. The monoisotopic (exact) mass is 223 g/mol. The molecule has 0 saturated heterocycles. The van der Waals surface area contributed by atoms with E-state index in [9.17, 15) is 4.39 Å². The lowest BCUT2D eigenvalue weighted by Crippen LogP contribution is -2.11. The molecule has 0 amide bonds. The Labute approximate surface area is 95.6 Å². The highest BCUT2D eigenvalue weighted by Gasteiger charge is 2.21. The van der Waals surface area contributed by atoms with Crippen LogP contribution in [-0.4, -0.2) is 6.61 Å². The van der Waals surface area contributed by atoms with Gasteiger partial charge in [-0.3, -0.25) is 0 Å². The Morgan fingerprint density at radius 2 is 2.25 bits per heavy atom. The summed E-state index contributed by atoms with van der Waals surface area (Å²) in [7, 11) is 0. The van der Waals surface area contributed by atoms with Gasteiger partial charge in [0, 0.05) is 11.6 Å². The van der Waals surface area contributed by atoms with Gasteiger partial charge in [-0.25, -0.2) is 4.39 Å². The minimum atomic E-state index is -0.336. The maximum absolute atomic E-state index is 13.5. The normalized spacial score (nSPS) is 17.2. The van der Waals surface area contributed by atoms with E-state index < -0.39 is 0 Å². The first-order chi connectivity index (χ1) is 7.68. The quantitative estimate of drug-likeness (QED) is 0.832. The topological polar surface area (TPSA) is 35.2 Å². The van der Waals surface area contributed by atoms with Gasteiger partial charge >= 0.3 is 0 Å². The highest BCUT2D eigenvalue weighted by molar-refractivity contribution is 5.36. The zero-order valence-electron chi connectivity index (χ0n) is 9.58. The molecule has 0 aromatic heterocycles. The van der Waals surface area contributed by atoms with Gasteiger partial charge in [0.25, 0.3) is 0 Å². The summed E-state index contributed by atoms with van der Waals surface area (Å²) in [6.07, 6.45) is 3.69. The van der Waals surface area contributed by atoms with Gasteiger partial charge in [0.1, 0.15) is 11.6 Å². The third-order valence-electron chi connectivity index (χ3n) is 2.95. The van der Waals surface area contributed by atoms with E-state index in [4.69, 9.17) is 10.5 Å². The van der Waals surface area contributed by atoms with E-state index in [-0.39, 0.29) is 11.9 Å². The molecule has 1 aliphatic carbocycles. The van der Waals surface area contributed by atoms with Gasteiger partial charge in [0.2, 0.25) is 0 Å². The van der Waals surface area contributed by atoms with Crippen LogP contribution in [0.1, 0.15) is 37.8 Å². The van der Waals surface area contributed by atoms with Crippen LogP contribution in [0.3, 0.4) is 0 Å². The van der Waals surface area contributed by atoms with Crippen molar-refractivity contribution in [2.45, 2.75) is 32.2 Å². The van der Waals surface area contributed by atoms with E-state index >= 15 is 0 Å². The lowest BCUT2D eigenvalue weighted by atomic mass is 10.1. The molecule has 16 heavy (non-hydrogen) atoms. The zero-order valence-corrected chi connectivity index (χ0v) is 9.58. The minimum absolute atomic E-state index is 0.279. The second-order valence-electron chi connectivity index (χ2n) is 4.52. The average Bonchev–Trinajstić information content (AvgIpc) is 3.01. The zero-order chi connectivity index (χ0) is 11.5. The third-order valence-corrected chi connectivity index (χ3v) is 2.95. The standard InChI is InChI=1S/C13H18FNO/c1-9(15)13-11(14)3-2-4-12(13)16-8-7-10-5-6-10/h2-4,9-10H,5-8,15H2,1H3/t9-/m0/s1. The summed E-state index contributed by atoms with van der Waals surface area (Å²) >= 11 is 0. The number of benzene rings is 1. The molecule has 0 unspecified atom stereocenters.